The number of ether oxygens (including phenoxy) is 1. The van der Waals surface area contributed by atoms with Crippen LogP contribution in [0.3, 0.4) is 0 Å². The van der Waals surface area contributed by atoms with Crippen LogP contribution in [0.15, 0.2) is 42.5 Å². The number of rotatable bonds is 3. The summed E-state index contributed by atoms with van der Waals surface area (Å²) in [6.45, 7) is 1.06. The predicted molar refractivity (Wildman–Crippen MR) is 83.5 cm³/mol. The Bertz CT molecular complexity index is 733. The lowest BCUT2D eigenvalue weighted by Gasteiger charge is -2.21. The summed E-state index contributed by atoms with van der Waals surface area (Å²) >= 11 is 0. The van der Waals surface area contributed by atoms with Crippen molar-refractivity contribution in [3.05, 3.63) is 64.7 Å². The molecule has 0 aromatic heterocycles. The Morgan fingerprint density at radius 1 is 1.27 bits per heavy atom. The molecule has 110 valence electrons. The minimum absolute atomic E-state index is 0.227. The van der Waals surface area contributed by atoms with E-state index in [-0.39, 0.29) is 6.61 Å². The van der Waals surface area contributed by atoms with Gasteiger partial charge in [0, 0.05) is 6.54 Å². The number of benzene rings is 2. The summed E-state index contributed by atoms with van der Waals surface area (Å²) in [7, 11) is 0. The third-order valence-electron chi connectivity index (χ3n) is 3.71. The second-order valence-electron chi connectivity index (χ2n) is 5.26. The Morgan fingerprint density at radius 2 is 2.09 bits per heavy atom. The van der Waals surface area contributed by atoms with E-state index in [2.05, 4.69) is 11.4 Å². The van der Waals surface area contributed by atoms with E-state index in [9.17, 15) is 4.79 Å². The van der Waals surface area contributed by atoms with Crippen LogP contribution in [-0.4, -0.2) is 12.5 Å². The van der Waals surface area contributed by atoms with Gasteiger partial charge in [-0.2, -0.15) is 5.26 Å². The van der Waals surface area contributed by atoms with Gasteiger partial charge in [-0.05, 0) is 36.1 Å². The van der Waals surface area contributed by atoms with Gasteiger partial charge in [0.1, 0.15) is 6.61 Å². The molecule has 22 heavy (non-hydrogen) atoms. The second kappa shape index (κ2) is 6.31. The summed E-state index contributed by atoms with van der Waals surface area (Å²) in [6.07, 6.45) is 1.87. The summed E-state index contributed by atoms with van der Waals surface area (Å²) in [4.78, 5) is 12.4. The number of aryl methyl sites for hydroxylation is 1. The molecule has 1 aliphatic rings. The number of carbonyl (C=O) groups is 1. The van der Waals surface area contributed by atoms with Gasteiger partial charge in [-0.25, -0.2) is 4.79 Å². The van der Waals surface area contributed by atoms with E-state index in [4.69, 9.17) is 10.00 Å². The van der Waals surface area contributed by atoms with Gasteiger partial charge in [0.2, 0.25) is 0 Å². The van der Waals surface area contributed by atoms with Crippen LogP contribution in [0.4, 0.5) is 5.69 Å². The average Bonchev–Trinajstić information content (AvgIpc) is 2.59. The molecule has 0 saturated heterocycles. The van der Waals surface area contributed by atoms with Gasteiger partial charge in [0.05, 0.1) is 22.9 Å². The van der Waals surface area contributed by atoms with Crippen LogP contribution in [0.2, 0.25) is 0 Å². The first-order chi connectivity index (χ1) is 10.8. The molecule has 0 radical (unpaired) electrons. The van der Waals surface area contributed by atoms with Gasteiger partial charge >= 0.3 is 5.97 Å². The minimum Gasteiger partial charge on any atom is -0.457 e. The van der Waals surface area contributed by atoms with Crippen molar-refractivity contribution in [2.45, 2.75) is 19.4 Å². The fraction of sp³-hybridized carbons (Fsp3) is 0.222. The molecule has 0 saturated carbocycles. The van der Waals surface area contributed by atoms with Gasteiger partial charge in [-0.15, -0.1) is 0 Å². The number of hydrogen-bond acceptors (Lipinski definition) is 4. The van der Waals surface area contributed by atoms with E-state index in [1.807, 2.05) is 36.4 Å². The van der Waals surface area contributed by atoms with Gasteiger partial charge in [-0.1, -0.05) is 30.3 Å². The molecule has 0 unspecified atom stereocenters. The van der Waals surface area contributed by atoms with Crippen LogP contribution in [-0.2, 0) is 17.8 Å². The highest BCUT2D eigenvalue weighted by molar-refractivity contribution is 5.97. The zero-order chi connectivity index (χ0) is 15.4. The lowest BCUT2D eigenvalue weighted by atomic mass is 9.96. The van der Waals surface area contributed by atoms with Crippen molar-refractivity contribution in [2.75, 3.05) is 11.9 Å². The quantitative estimate of drug-likeness (QED) is 0.882. The maximum atomic E-state index is 12.4. The molecule has 1 heterocycles. The summed E-state index contributed by atoms with van der Waals surface area (Å²) in [5.41, 5.74) is 3.70. The Labute approximate surface area is 129 Å². The first kappa shape index (κ1) is 14.2. The molecular weight excluding hydrogens is 276 g/mol. The Morgan fingerprint density at radius 3 is 2.86 bits per heavy atom. The molecule has 0 amide bonds. The standard InChI is InChI=1S/C18H16N2O2/c19-11-14-9-15-7-4-8-20-17(15)16(10-14)18(21)22-12-13-5-2-1-3-6-13/h1-3,5-6,9-10,20H,4,7-8,12H2. The number of esters is 1. The topological polar surface area (TPSA) is 62.1 Å². The number of nitrogens with zero attached hydrogens (tertiary/aromatic N) is 1. The molecule has 2 aromatic carbocycles. The van der Waals surface area contributed by atoms with Crippen LogP contribution in [0, 0.1) is 11.3 Å². The summed E-state index contributed by atoms with van der Waals surface area (Å²) in [6, 6.07) is 15.1. The van der Waals surface area contributed by atoms with Crippen molar-refractivity contribution in [1.82, 2.24) is 0 Å². The third-order valence-corrected chi connectivity index (χ3v) is 3.71. The Hall–Kier alpha value is -2.80. The van der Waals surface area contributed by atoms with Gasteiger partial charge in [0.25, 0.3) is 0 Å². The van der Waals surface area contributed by atoms with Crippen LogP contribution >= 0.6 is 0 Å². The summed E-state index contributed by atoms with van der Waals surface area (Å²) in [5.74, 6) is -0.397. The number of nitrogens with one attached hydrogen (secondary N) is 1. The summed E-state index contributed by atoms with van der Waals surface area (Å²) < 4.78 is 5.39. The number of hydrogen-bond donors (Lipinski definition) is 1. The van der Waals surface area contributed by atoms with Crippen molar-refractivity contribution in [3.63, 3.8) is 0 Å². The molecule has 2 aromatic rings. The van der Waals surface area contributed by atoms with Crippen LogP contribution in [0.25, 0.3) is 0 Å². The fourth-order valence-corrected chi connectivity index (χ4v) is 2.63. The number of carbonyl (C=O) groups excluding carboxylic acids is 1. The van der Waals surface area contributed by atoms with E-state index < -0.39 is 5.97 Å². The van der Waals surface area contributed by atoms with Crippen molar-refractivity contribution in [2.24, 2.45) is 0 Å². The number of anilines is 1. The fourth-order valence-electron chi connectivity index (χ4n) is 2.63. The molecule has 4 heteroatoms. The lowest BCUT2D eigenvalue weighted by molar-refractivity contribution is 0.0473. The number of nitriles is 1. The average molecular weight is 292 g/mol. The molecule has 4 nitrogen and oxygen atoms in total. The third kappa shape index (κ3) is 2.94. The van der Waals surface area contributed by atoms with Gasteiger partial charge < -0.3 is 10.1 Å². The highest BCUT2D eigenvalue weighted by Crippen LogP contribution is 2.28. The molecule has 1 aliphatic heterocycles. The van der Waals surface area contributed by atoms with Crippen molar-refractivity contribution in [3.8, 4) is 6.07 Å². The first-order valence-corrected chi connectivity index (χ1v) is 7.30. The molecule has 0 bridgehead atoms. The molecule has 0 atom stereocenters. The first-order valence-electron chi connectivity index (χ1n) is 7.30. The molecule has 3 rings (SSSR count). The van der Waals surface area contributed by atoms with E-state index >= 15 is 0 Å². The highest BCUT2D eigenvalue weighted by Gasteiger charge is 2.20. The zero-order valence-electron chi connectivity index (χ0n) is 12.1. The Kier molecular flexibility index (Phi) is 4.06. The van der Waals surface area contributed by atoms with E-state index in [1.165, 1.54) is 0 Å². The van der Waals surface area contributed by atoms with Crippen molar-refractivity contribution < 1.29 is 9.53 Å². The normalized spacial score (nSPS) is 12.7. The van der Waals surface area contributed by atoms with Crippen LogP contribution in [0.1, 0.15) is 33.5 Å². The Balaban J connectivity index is 1.84. The highest BCUT2D eigenvalue weighted by atomic mass is 16.5. The molecule has 0 fully saturated rings. The maximum absolute atomic E-state index is 12.4. The predicted octanol–water partition coefficient (Wildman–Crippen LogP) is 3.27. The zero-order valence-corrected chi connectivity index (χ0v) is 12.1. The van der Waals surface area contributed by atoms with E-state index in [0.717, 1.165) is 36.2 Å². The van der Waals surface area contributed by atoms with Crippen LogP contribution < -0.4 is 5.32 Å². The summed E-state index contributed by atoms with van der Waals surface area (Å²) in [5, 5.41) is 12.4. The largest absolute Gasteiger partial charge is 0.457 e. The monoisotopic (exact) mass is 292 g/mol. The smallest absolute Gasteiger partial charge is 0.340 e. The van der Waals surface area contributed by atoms with Gasteiger partial charge in [-0.3, -0.25) is 0 Å². The van der Waals surface area contributed by atoms with E-state index in [1.54, 1.807) is 6.07 Å². The number of fused-ring (bicyclic) bond motifs is 1. The minimum atomic E-state index is -0.397. The lowest BCUT2D eigenvalue weighted by Crippen LogP contribution is -2.17. The SMILES string of the molecule is N#Cc1cc2c(c(C(=O)OCc3ccccc3)c1)NCCC2. The van der Waals surface area contributed by atoms with E-state index in [0.29, 0.717) is 11.1 Å². The maximum Gasteiger partial charge on any atom is 0.340 e. The van der Waals surface area contributed by atoms with Crippen LogP contribution in [0.5, 0.6) is 0 Å². The van der Waals surface area contributed by atoms with Gasteiger partial charge in [0.15, 0.2) is 0 Å². The molecule has 0 aliphatic carbocycles. The van der Waals surface area contributed by atoms with Crippen molar-refractivity contribution in [1.29, 1.82) is 5.26 Å². The molecular formula is C18H16N2O2. The molecule has 1 N–H and O–H groups in total. The molecule has 0 spiro atoms. The van der Waals surface area contributed by atoms with Crippen molar-refractivity contribution >= 4 is 11.7 Å². The second-order valence-corrected chi connectivity index (χ2v) is 5.26.